The summed E-state index contributed by atoms with van der Waals surface area (Å²) in [5.41, 5.74) is 1.55. The molecule has 0 spiro atoms. The normalized spacial score (nSPS) is 16.4. The van der Waals surface area contributed by atoms with Crippen LogP contribution in [-0.4, -0.2) is 32.6 Å². The van der Waals surface area contributed by atoms with E-state index in [2.05, 4.69) is 30.3 Å². The Morgan fingerprint density at radius 2 is 2.17 bits per heavy atom. The van der Waals surface area contributed by atoms with Crippen molar-refractivity contribution >= 4 is 11.7 Å². The van der Waals surface area contributed by atoms with Crippen molar-refractivity contribution < 1.29 is 9.32 Å². The average molecular weight is 392 g/mol. The number of anilines is 1. The van der Waals surface area contributed by atoms with Crippen LogP contribution in [0.25, 0.3) is 0 Å². The lowest BCUT2D eigenvalue weighted by molar-refractivity contribution is 0.0949. The minimum Gasteiger partial charge on any atom is -0.348 e. The quantitative estimate of drug-likeness (QED) is 0.688. The summed E-state index contributed by atoms with van der Waals surface area (Å²) in [6, 6.07) is 9.88. The number of carbonyl (C=O) groups excluding carboxylic acids is 1. The van der Waals surface area contributed by atoms with Crippen molar-refractivity contribution in [2.75, 3.05) is 11.4 Å². The number of carbonyl (C=O) groups is 1. The number of aromatic nitrogens is 4. The Morgan fingerprint density at radius 1 is 1.28 bits per heavy atom. The second-order valence-electron chi connectivity index (χ2n) is 7.40. The summed E-state index contributed by atoms with van der Waals surface area (Å²) in [4.78, 5) is 27.9. The van der Waals surface area contributed by atoms with Crippen LogP contribution >= 0.6 is 0 Å². The summed E-state index contributed by atoms with van der Waals surface area (Å²) in [5.74, 6) is 1.82. The first-order valence-electron chi connectivity index (χ1n) is 9.86. The molecule has 3 aromatic heterocycles. The van der Waals surface area contributed by atoms with Gasteiger partial charge in [0.15, 0.2) is 5.82 Å². The third kappa shape index (κ3) is 4.26. The van der Waals surface area contributed by atoms with E-state index >= 15 is 0 Å². The maximum absolute atomic E-state index is 12.4. The van der Waals surface area contributed by atoms with Gasteiger partial charge in [-0.25, -0.2) is 4.98 Å². The fraction of sp³-hybridized carbons (Fsp3) is 0.381. The molecular formula is C21H24N6O2. The van der Waals surface area contributed by atoms with Crippen LogP contribution in [0.4, 0.5) is 5.82 Å². The first-order chi connectivity index (χ1) is 14.1. The third-order valence-electron chi connectivity index (χ3n) is 4.97. The van der Waals surface area contributed by atoms with E-state index in [1.165, 1.54) is 0 Å². The maximum Gasteiger partial charge on any atom is 0.253 e. The fourth-order valence-electron chi connectivity index (χ4n) is 3.45. The molecule has 8 heteroatoms. The molecule has 29 heavy (non-hydrogen) atoms. The van der Waals surface area contributed by atoms with Gasteiger partial charge in [0.2, 0.25) is 5.89 Å². The number of nitrogens with one attached hydrogen (secondary N) is 1. The van der Waals surface area contributed by atoms with E-state index in [0.29, 0.717) is 17.3 Å². The van der Waals surface area contributed by atoms with Crippen LogP contribution in [-0.2, 0) is 6.54 Å². The molecule has 1 atom stereocenters. The summed E-state index contributed by atoms with van der Waals surface area (Å²) in [6.45, 7) is 5.09. The monoisotopic (exact) mass is 392 g/mol. The molecule has 1 aliphatic rings. The molecule has 1 fully saturated rings. The number of hydrogen-bond donors (Lipinski definition) is 1. The van der Waals surface area contributed by atoms with Crippen LogP contribution in [0, 0.1) is 0 Å². The minimum absolute atomic E-state index is 0.157. The van der Waals surface area contributed by atoms with Crippen LogP contribution in [0.3, 0.4) is 0 Å². The highest BCUT2D eigenvalue weighted by Gasteiger charge is 2.28. The molecule has 1 saturated heterocycles. The van der Waals surface area contributed by atoms with Crippen LogP contribution in [0.15, 0.2) is 47.2 Å². The van der Waals surface area contributed by atoms with Gasteiger partial charge in [-0.1, -0.05) is 25.1 Å². The van der Waals surface area contributed by atoms with E-state index in [9.17, 15) is 4.79 Å². The van der Waals surface area contributed by atoms with E-state index < -0.39 is 0 Å². The largest absolute Gasteiger partial charge is 0.348 e. The van der Waals surface area contributed by atoms with Gasteiger partial charge in [0, 0.05) is 24.9 Å². The first-order valence-corrected chi connectivity index (χ1v) is 9.86. The zero-order chi connectivity index (χ0) is 20.2. The Morgan fingerprint density at radius 3 is 2.86 bits per heavy atom. The van der Waals surface area contributed by atoms with Gasteiger partial charge in [0.25, 0.3) is 5.91 Å². The third-order valence-corrected chi connectivity index (χ3v) is 4.97. The summed E-state index contributed by atoms with van der Waals surface area (Å²) in [5, 5.41) is 6.68. The van der Waals surface area contributed by atoms with Gasteiger partial charge in [-0.05, 0) is 37.1 Å². The lowest BCUT2D eigenvalue weighted by Crippen LogP contribution is -2.25. The molecule has 4 rings (SSSR count). The molecule has 0 saturated carbocycles. The van der Waals surface area contributed by atoms with Crippen LogP contribution in [0.2, 0.25) is 0 Å². The van der Waals surface area contributed by atoms with Gasteiger partial charge in [-0.2, -0.15) is 4.98 Å². The second-order valence-corrected chi connectivity index (χ2v) is 7.40. The van der Waals surface area contributed by atoms with Crippen molar-refractivity contribution in [3.8, 4) is 0 Å². The van der Waals surface area contributed by atoms with E-state index in [4.69, 9.17) is 4.52 Å². The summed E-state index contributed by atoms with van der Waals surface area (Å²) < 4.78 is 5.15. The Hall–Kier alpha value is -3.29. The summed E-state index contributed by atoms with van der Waals surface area (Å²) in [7, 11) is 0. The molecule has 3 aromatic rings. The topological polar surface area (TPSA) is 97.0 Å². The smallest absolute Gasteiger partial charge is 0.253 e. The Balaban J connectivity index is 1.40. The predicted molar refractivity (Wildman–Crippen MR) is 107 cm³/mol. The zero-order valence-corrected chi connectivity index (χ0v) is 16.6. The van der Waals surface area contributed by atoms with E-state index in [0.717, 1.165) is 30.9 Å². The highest BCUT2D eigenvalue weighted by Crippen LogP contribution is 2.34. The maximum atomic E-state index is 12.4. The standard InChI is InChI=1S/C21H24N6O2/c1-14(2)21-25-18(26-29-21)13-24-20(28)15-8-9-19(23-12-15)27-11-5-7-17(27)16-6-3-4-10-22-16/h3-4,6,8-10,12,14,17H,5,7,11,13H2,1-2H3,(H,24,28). The molecule has 4 heterocycles. The summed E-state index contributed by atoms with van der Waals surface area (Å²) in [6.07, 6.45) is 5.56. The Labute approximate surface area is 169 Å². The molecule has 8 nitrogen and oxygen atoms in total. The van der Waals surface area contributed by atoms with Gasteiger partial charge in [0.05, 0.1) is 23.8 Å². The number of hydrogen-bond acceptors (Lipinski definition) is 7. The van der Waals surface area contributed by atoms with Crippen molar-refractivity contribution in [3.05, 3.63) is 65.7 Å². The highest BCUT2D eigenvalue weighted by atomic mass is 16.5. The highest BCUT2D eigenvalue weighted by molar-refractivity contribution is 5.93. The van der Waals surface area contributed by atoms with Crippen molar-refractivity contribution in [2.24, 2.45) is 0 Å². The molecule has 1 aliphatic heterocycles. The molecule has 0 aromatic carbocycles. The minimum atomic E-state index is -0.220. The fourth-order valence-corrected chi connectivity index (χ4v) is 3.45. The average Bonchev–Trinajstić information content (AvgIpc) is 3.43. The predicted octanol–water partition coefficient (Wildman–Crippen LogP) is 3.25. The van der Waals surface area contributed by atoms with E-state index in [1.807, 2.05) is 44.3 Å². The van der Waals surface area contributed by atoms with Crippen LogP contribution in [0.5, 0.6) is 0 Å². The molecule has 150 valence electrons. The first kappa shape index (κ1) is 19.0. The molecule has 1 unspecified atom stereocenters. The Bertz CT molecular complexity index is 955. The number of pyridine rings is 2. The molecular weight excluding hydrogens is 368 g/mol. The number of nitrogens with zero attached hydrogens (tertiary/aromatic N) is 5. The lowest BCUT2D eigenvalue weighted by atomic mass is 10.1. The molecule has 1 N–H and O–H groups in total. The number of amides is 1. The number of rotatable bonds is 6. The molecule has 1 amide bonds. The zero-order valence-electron chi connectivity index (χ0n) is 16.6. The molecule has 0 radical (unpaired) electrons. The lowest BCUT2D eigenvalue weighted by Gasteiger charge is -2.25. The van der Waals surface area contributed by atoms with Crippen LogP contribution in [0.1, 0.15) is 66.4 Å². The van der Waals surface area contributed by atoms with Crippen molar-refractivity contribution in [3.63, 3.8) is 0 Å². The van der Waals surface area contributed by atoms with Crippen LogP contribution < -0.4 is 10.2 Å². The SMILES string of the molecule is CC(C)c1nc(CNC(=O)c2ccc(N3CCCC3c3ccccn3)nc2)no1. The Kier molecular flexibility index (Phi) is 5.50. The summed E-state index contributed by atoms with van der Waals surface area (Å²) >= 11 is 0. The van der Waals surface area contributed by atoms with Crippen molar-refractivity contribution in [2.45, 2.75) is 45.2 Å². The van der Waals surface area contributed by atoms with Gasteiger partial charge >= 0.3 is 0 Å². The van der Waals surface area contributed by atoms with Crippen molar-refractivity contribution in [1.82, 2.24) is 25.4 Å². The van der Waals surface area contributed by atoms with Gasteiger partial charge < -0.3 is 14.7 Å². The van der Waals surface area contributed by atoms with Gasteiger partial charge in [-0.15, -0.1) is 0 Å². The second kappa shape index (κ2) is 8.38. The van der Waals surface area contributed by atoms with Crippen molar-refractivity contribution in [1.29, 1.82) is 0 Å². The van der Waals surface area contributed by atoms with E-state index in [-0.39, 0.29) is 24.4 Å². The van der Waals surface area contributed by atoms with E-state index in [1.54, 1.807) is 12.3 Å². The molecule has 0 bridgehead atoms. The van der Waals surface area contributed by atoms with Gasteiger partial charge in [0.1, 0.15) is 5.82 Å². The molecule has 0 aliphatic carbocycles. The van der Waals surface area contributed by atoms with Gasteiger partial charge in [-0.3, -0.25) is 9.78 Å².